The maximum Gasteiger partial charge on any atom is 0.402 e. The van der Waals surface area contributed by atoms with Crippen molar-refractivity contribution in [2.75, 3.05) is 6.61 Å². The topological polar surface area (TPSA) is 291 Å². The third kappa shape index (κ3) is 5.75. The second-order valence-corrected chi connectivity index (χ2v) is 10.2. The molecule has 10 atom stereocenters. The standard InChI is InChI=1S/C27H28O17/c28-7-16-17(33)19(35)24(44-26-21(37)18(34)20(36)23(43-26)25(38)39)27(42-16)41-15-6-10-12(31)4-9(29)5-14(10)40-22(15)8-1-2-11(30)13(32)3-8/h1-6,16-21,23-24,26-28,33-37H,7H2,(H4-,29,30,31,32,38,39)/t16-,17-,18+,19+,20+,21-,23+,24-,26+,27-/m1/s1. The van der Waals surface area contributed by atoms with Gasteiger partial charge in [-0.3, -0.25) is 0 Å². The zero-order chi connectivity index (χ0) is 32.0. The molecular weight excluding hydrogens is 596 g/mol. The molecule has 0 saturated carbocycles. The van der Waals surface area contributed by atoms with Crippen molar-refractivity contribution in [2.45, 2.75) is 61.4 Å². The van der Waals surface area contributed by atoms with E-state index in [0.29, 0.717) is 0 Å². The quantitative estimate of drug-likeness (QED) is 0.0923. The minimum atomic E-state index is -2.18. The van der Waals surface area contributed by atoms with Gasteiger partial charge in [-0.15, -0.1) is 0 Å². The average molecular weight is 625 g/mol. The smallest absolute Gasteiger partial charge is 0.402 e. The van der Waals surface area contributed by atoms with Crippen molar-refractivity contribution in [3.05, 3.63) is 36.4 Å². The second-order valence-electron chi connectivity index (χ2n) is 10.2. The Morgan fingerprint density at radius 2 is 1.55 bits per heavy atom. The molecule has 238 valence electrons. The number of phenolic OH excluding ortho intramolecular Hbond substituents is 4. The molecule has 2 fully saturated rings. The Bertz CT molecular complexity index is 1530. The maximum absolute atomic E-state index is 11.4. The number of rotatable bonds is 7. The number of hydrogen-bond donors (Lipinski definition) is 10. The predicted octanol–water partition coefficient (Wildman–Crippen LogP) is -3.04. The summed E-state index contributed by atoms with van der Waals surface area (Å²) in [5, 5.41) is 113. The highest BCUT2D eigenvalue weighted by Gasteiger charge is 2.52. The first-order valence-electron chi connectivity index (χ1n) is 13.0. The van der Waals surface area contributed by atoms with Crippen molar-refractivity contribution in [1.82, 2.24) is 0 Å². The number of carbonyl (C=O) groups excluding carboxylic acids is 1. The third-order valence-electron chi connectivity index (χ3n) is 7.21. The summed E-state index contributed by atoms with van der Waals surface area (Å²) in [6, 6.07) is 6.86. The summed E-state index contributed by atoms with van der Waals surface area (Å²) in [6.07, 6.45) is -19.6. The second kappa shape index (κ2) is 12.2. The van der Waals surface area contributed by atoms with Gasteiger partial charge in [0, 0.05) is 18.2 Å². The van der Waals surface area contributed by atoms with Gasteiger partial charge in [0.25, 0.3) is 0 Å². The summed E-state index contributed by atoms with van der Waals surface area (Å²) in [4.78, 5) is 11.4. The largest absolute Gasteiger partial charge is 0.547 e. The van der Waals surface area contributed by atoms with Crippen LogP contribution >= 0.6 is 0 Å². The molecule has 17 heteroatoms. The Labute approximate surface area is 246 Å². The highest BCUT2D eigenvalue weighted by Crippen LogP contribution is 2.42. The first-order valence-corrected chi connectivity index (χ1v) is 13.0. The minimum Gasteiger partial charge on any atom is -0.547 e. The lowest BCUT2D eigenvalue weighted by atomic mass is 9.97. The number of aliphatic hydroxyl groups excluding tert-OH is 6. The minimum absolute atomic E-state index is 0.0166. The van der Waals surface area contributed by atoms with Crippen LogP contribution in [0.25, 0.3) is 22.3 Å². The zero-order valence-corrected chi connectivity index (χ0v) is 22.3. The van der Waals surface area contributed by atoms with Crippen LogP contribution in [0.5, 0.6) is 28.7 Å². The highest BCUT2D eigenvalue weighted by atomic mass is 16.8. The van der Waals surface area contributed by atoms with Gasteiger partial charge in [-0.05, 0) is 12.1 Å². The molecule has 0 amide bonds. The number of hydrogen-bond acceptors (Lipinski definition) is 16. The fraction of sp³-hybridized carbons (Fsp3) is 0.407. The predicted molar refractivity (Wildman–Crippen MR) is 138 cm³/mol. The number of aliphatic carboxylic acids is 1. The SMILES string of the molecule is O=C([O-])[C@H]1O[C@@H](O[C@H]2[C@H](Oc3cc4c(O)cc(O)cc4[o+]c3-c3ccc(O)c(O)c3)O[C@H](CO)[C@@H](O)[C@@H]2O)[C@H](O)[C@@H](O)[C@@H]1O. The molecule has 0 aliphatic carbocycles. The van der Waals surface area contributed by atoms with Gasteiger partial charge < -0.3 is 79.9 Å². The zero-order valence-electron chi connectivity index (χ0n) is 22.3. The number of aliphatic hydroxyl groups is 6. The number of benzene rings is 2. The van der Waals surface area contributed by atoms with E-state index >= 15 is 0 Å². The lowest BCUT2D eigenvalue weighted by molar-refractivity contribution is -0.372. The van der Waals surface area contributed by atoms with Crippen molar-refractivity contribution in [3.63, 3.8) is 0 Å². The van der Waals surface area contributed by atoms with Gasteiger partial charge in [0.05, 0.1) is 24.2 Å². The molecule has 17 nitrogen and oxygen atoms in total. The van der Waals surface area contributed by atoms with Crippen LogP contribution in [0, 0.1) is 0 Å². The van der Waals surface area contributed by atoms with E-state index in [0.717, 1.165) is 24.3 Å². The number of carbonyl (C=O) groups is 1. The number of phenols is 4. The van der Waals surface area contributed by atoms with Crippen LogP contribution in [-0.4, -0.2) is 125 Å². The van der Waals surface area contributed by atoms with Crippen molar-refractivity contribution in [1.29, 1.82) is 0 Å². The van der Waals surface area contributed by atoms with Gasteiger partial charge in [0.15, 0.2) is 23.9 Å². The molecule has 0 radical (unpaired) electrons. The summed E-state index contributed by atoms with van der Waals surface area (Å²) in [5.41, 5.74) is 0.00520. The van der Waals surface area contributed by atoms with Crippen molar-refractivity contribution in [2.24, 2.45) is 0 Å². The van der Waals surface area contributed by atoms with Gasteiger partial charge in [-0.1, -0.05) is 0 Å². The Hall–Kier alpha value is -4.04. The fourth-order valence-electron chi connectivity index (χ4n) is 4.87. The van der Waals surface area contributed by atoms with E-state index in [2.05, 4.69) is 0 Å². The molecule has 2 aromatic carbocycles. The molecule has 5 rings (SSSR count). The van der Waals surface area contributed by atoms with E-state index in [1.54, 1.807) is 0 Å². The monoisotopic (exact) mass is 624 g/mol. The fourth-order valence-corrected chi connectivity index (χ4v) is 4.87. The van der Waals surface area contributed by atoms with E-state index in [9.17, 15) is 61.0 Å². The molecule has 0 bridgehead atoms. The van der Waals surface area contributed by atoms with E-state index < -0.39 is 91.2 Å². The van der Waals surface area contributed by atoms with Crippen molar-refractivity contribution in [3.8, 4) is 40.1 Å². The van der Waals surface area contributed by atoms with Crippen LogP contribution in [0.1, 0.15) is 0 Å². The van der Waals surface area contributed by atoms with Gasteiger partial charge in [-0.25, -0.2) is 4.42 Å². The van der Waals surface area contributed by atoms with Gasteiger partial charge in [-0.2, -0.15) is 0 Å². The number of ether oxygens (including phenoxy) is 4. The number of carboxylic acids is 1. The van der Waals surface area contributed by atoms with E-state index in [1.807, 2.05) is 0 Å². The summed E-state index contributed by atoms with van der Waals surface area (Å²) < 4.78 is 28.0. The summed E-state index contributed by atoms with van der Waals surface area (Å²) in [6.45, 7) is -0.841. The van der Waals surface area contributed by atoms with Crippen LogP contribution in [0.15, 0.2) is 40.8 Å². The molecular formula is C27H28O17. The molecule has 44 heavy (non-hydrogen) atoms. The highest BCUT2D eigenvalue weighted by molar-refractivity contribution is 5.88. The Morgan fingerprint density at radius 3 is 2.20 bits per heavy atom. The van der Waals surface area contributed by atoms with E-state index in [4.69, 9.17) is 23.4 Å². The first-order chi connectivity index (χ1) is 20.8. The average Bonchev–Trinajstić information content (AvgIpc) is 2.97. The van der Waals surface area contributed by atoms with Crippen molar-refractivity contribution >= 4 is 16.9 Å². The maximum atomic E-state index is 11.4. The molecule has 10 N–H and O–H groups in total. The van der Waals surface area contributed by atoms with Crippen molar-refractivity contribution < 1.29 is 84.3 Å². The Morgan fingerprint density at radius 1 is 0.818 bits per heavy atom. The Balaban J connectivity index is 1.57. The molecule has 1 aromatic heterocycles. The lowest BCUT2D eigenvalue weighted by Gasteiger charge is -2.46. The molecule has 2 aliphatic heterocycles. The van der Waals surface area contributed by atoms with Crippen LogP contribution in [0.2, 0.25) is 0 Å². The lowest BCUT2D eigenvalue weighted by Crippen LogP contribution is -2.66. The molecule has 0 spiro atoms. The van der Waals surface area contributed by atoms with Crippen LogP contribution in [0.3, 0.4) is 0 Å². The van der Waals surface area contributed by atoms with E-state index in [1.165, 1.54) is 12.1 Å². The van der Waals surface area contributed by atoms with Gasteiger partial charge in [0.1, 0.15) is 59.6 Å². The van der Waals surface area contributed by atoms with Gasteiger partial charge >= 0.3 is 11.3 Å². The van der Waals surface area contributed by atoms with Crippen LogP contribution in [0.4, 0.5) is 0 Å². The van der Waals surface area contributed by atoms with Crippen LogP contribution < -0.4 is 9.84 Å². The normalized spacial score (nSPS) is 32.4. The van der Waals surface area contributed by atoms with Crippen LogP contribution in [-0.2, 0) is 19.0 Å². The molecule has 3 heterocycles. The summed E-state index contributed by atoms with van der Waals surface area (Å²) in [5.74, 6) is -4.34. The summed E-state index contributed by atoms with van der Waals surface area (Å²) in [7, 11) is 0. The number of fused-ring (bicyclic) bond motifs is 1. The van der Waals surface area contributed by atoms with E-state index in [-0.39, 0.29) is 33.8 Å². The number of aromatic hydroxyl groups is 4. The molecule has 2 saturated heterocycles. The first kappa shape index (κ1) is 31.4. The number of carboxylic acid groups (broad SMARTS) is 1. The molecule has 2 aliphatic rings. The Kier molecular flexibility index (Phi) is 8.67. The molecule has 3 aromatic rings. The summed E-state index contributed by atoms with van der Waals surface area (Å²) >= 11 is 0. The molecule has 0 unspecified atom stereocenters. The van der Waals surface area contributed by atoms with Gasteiger partial charge in [0.2, 0.25) is 12.0 Å². The third-order valence-corrected chi connectivity index (χ3v) is 7.21.